The van der Waals surface area contributed by atoms with Gasteiger partial charge in [0.2, 0.25) is 11.7 Å². The van der Waals surface area contributed by atoms with E-state index in [1.165, 1.54) is 36.6 Å². The fourth-order valence-electron chi connectivity index (χ4n) is 4.52. The minimum Gasteiger partial charge on any atom is -0.497 e. The van der Waals surface area contributed by atoms with Crippen molar-refractivity contribution in [1.29, 1.82) is 0 Å². The SMILES string of the molecule is CC[C@H](C(=O)NC1CCCCC1)N(Cc1ccc(OC)cc1)C(=O)COc1ccc([N+](=O)[O-])c(OC)c1. The highest BCUT2D eigenvalue weighted by Gasteiger charge is 2.30. The zero-order chi connectivity index (χ0) is 26.8. The first-order chi connectivity index (χ1) is 17.9. The second kappa shape index (κ2) is 13.5. The zero-order valence-corrected chi connectivity index (χ0v) is 21.6. The van der Waals surface area contributed by atoms with Crippen molar-refractivity contribution in [1.82, 2.24) is 10.2 Å². The van der Waals surface area contributed by atoms with E-state index >= 15 is 0 Å². The second-order valence-electron chi connectivity index (χ2n) is 9.02. The van der Waals surface area contributed by atoms with Crippen LogP contribution in [0.1, 0.15) is 51.0 Å². The third-order valence-corrected chi connectivity index (χ3v) is 6.56. The number of carbonyl (C=O) groups is 2. The maximum absolute atomic E-state index is 13.4. The summed E-state index contributed by atoms with van der Waals surface area (Å²) < 4.78 is 16.0. The number of benzene rings is 2. The molecule has 10 heteroatoms. The van der Waals surface area contributed by atoms with Crippen molar-refractivity contribution in [2.75, 3.05) is 20.8 Å². The van der Waals surface area contributed by atoms with Crippen LogP contribution in [0.25, 0.3) is 0 Å². The van der Waals surface area contributed by atoms with Crippen molar-refractivity contribution in [3.63, 3.8) is 0 Å². The standard InChI is InChI=1S/C27H35N3O7/c1-4-23(27(32)28-20-8-6-5-7-9-20)29(17-19-10-12-21(35-2)13-11-19)26(31)18-37-22-14-15-24(30(33)34)25(16-22)36-3/h10-16,20,23H,4-9,17-18H2,1-3H3,(H,28,32)/t23-/m1/s1. The van der Waals surface area contributed by atoms with Crippen LogP contribution < -0.4 is 19.5 Å². The lowest BCUT2D eigenvalue weighted by Crippen LogP contribution is -2.52. The molecule has 0 bridgehead atoms. The highest BCUT2D eigenvalue weighted by Crippen LogP contribution is 2.31. The maximum atomic E-state index is 13.4. The highest BCUT2D eigenvalue weighted by molar-refractivity contribution is 5.88. The Balaban J connectivity index is 1.78. The van der Waals surface area contributed by atoms with Gasteiger partial charge in [0.05, 0.1) is 19.1 Å². The number of nitro benzene ring substituents is 1. The Labute approximate surface area is 217 Å². The third-order valence-electron chi connectivity index (χ3n) is 6.56. The fraction of sp³-hybridized carbons (Fsp3) is 0.481. The quantitative estimate of drug-likeness (QED) is 0.333. The minimum absolute atomic E-state index is 0.0309. The first kappa shape index (κ1) is 27.8. The van der Waals surface area contributed by atoms with E-state index in [-0.39, 0.29) is 48.2 Å². The van der Waals surface area contributed by atoms with Crippen LogP contribution in [0.2, 0.25) is 0 Å². The molecule has 1 atom stereocenters. The molecular weight excluding hydrogens is 478 g/mol. The van der Waals surface area contributed by atoms with Gasteiger partial charge in [-0.3, -0.25) is 19.7 Å². The number of nitrogens with one attached hydrogen (secondary N) is 1. The van der Waals surface area contributed by atoms with Crippen LogP contribution in [0.15, 0.2) is 42.5 Å². The number of rotatable bonds is 12. The molecule has 200 valence electrons. The smallest absolute Gasteiger partial charge is 0.311 e. The van der Waals surface area contributed by atoms with E-state index in [4.69, 9.17) is 14.2 Å². The van der Waals surface area contributed by atoms with Crippen molar-refractivity contribution >= 4 is 17.5 Å². The molecule has 2 aromatic carbocycles. The molecule has 3 rings (SSSR count). The van der Waals surface area contributed by atoms with E-state index in [9.17, 15) is 19.7 Å². The third kappa shape index (κ3) is 7.58. The monoisotopic (exact) mass is 513 g/mol. The molecule has 0 heterocycles. The summed E-state index contributed by atoms with van der Waals surface area (Å²) in [6.07, 6.45) is 5.67. The van der Waals surface area contributed by atoms with Gasteiger partial charge in [0, 0.05) is 24.7 Å². The molecule has 37 heavy (non-hydrogen) atoms. The lowest BCUT2D eigenvalue weighted by molar-refractivity contribution is -0.385. The Morgan fingerprint density at radius 1 is 1.05 bits per heavy atom. The zero-order valence-electron chi connectivity index (χ0n) is 21.6. The van der Waals surface area contributed by atoms with Gasteiger partial charge in [0.25, 0.3) is 5.91 Å². The first-order valence-corrected chi connectivity index (χ1v) is 12.5. The van der Waals surface area contributed by atoms with Crippen molar-refractivity contribution in [2.45, 2.75) is 64.1 Å². The topological polar surface area (TPSA) is 120 Å². The Morgan fingerprint density at radius 3 is 2.32 bits per heavy atom. The summed E-state index contributed by atoms with van der Waals surface area (Å²) in [5.74, 6) is 0.425. The molecule has 1 aliphatic carbocycles. The van der Waals surface area contributed by atoms with Gasteiger partial charge < -0.3 is 24.4 Å². The number of methoxy groups -OCH3 is 2. The van der Waals surface area contributed by atoms with Gasteiger partial charge in [-0.1, -0.05) is 38.3 Å². The van der Waals surface area contributed by atoms with Gasteiger partial charge in [0.1, 0.15) is 17.5 Å². The van der Waals surface area contributed by atoms with Crippen molar-refractivity contribution in [3.05, 3.63) is 58.1 Å². The number of ether oxygens (including phenoxy) is 3. The van der Waals surface area contributed by atoms with Gasteiger partial charge in [-0.15, -0.1) is 0 Å². The predicted octanol–water partition coefficient (Wildman–Crippen LogP) is 4.25. The Kier molecular flexibility index (Phi) is 10.1. The summed E-state index contributed by atoms with van der Waals surface area (Å²) >= 11 is 0. The average Bonchev–Trinajstić information content (AvgIpc) is 2.92. The molecule has 1 saturated carbocycles. The van der Waals surface area contributed by atoms with Crippen molar-refractivity contribution < 1.29 is 28.7 Å². The second-order valence-corrected chi connectivity index (χ2v) is 9.02. The number of hydrogen-bond acceptors (Lipinski definition) is 7. The van der Waals surface area contributed by atoms with Crippen LogP contribution >= 0.6 is 0 Å². The van der Waals surface area contributed by atoms with E-state index in [2.05, 4.69) is 5.32 Å². The minimum atomic E-state index is -0.675. The van der Waals surface area contributed by atoms with Gasteiger partial charge in [-0.05, 0) is 43.0 Å². The molecule has 1 N–H and O–H groups in total. The van der Waals surface area contributed by atoms with E-state index in [1.54, 1.807) is 19.2 Å². The van der Waals surface area contributed by atoms with Gasteiger partial charge in [-0.2, -0.15) is 0 Å². The Bertz CT molecular complexity index is 1070. The predicted molar refractivity (Wildman–Crippen MR) is 138 cm³/mol. The average molecular weight is 514 g/mol. The number of nitrogens with zero attached hydrogens (tertiary/aromatic N) is 2. The van der Waals surface area contributed by atoms with Gasteiger partial charge in [-0.25, -0.2) is 0 Å². The lowest BCUT2D eigenvalue weighted by atomic mass is 9.95. The summed E-state index contributed by atoms with van der Waals surface area (Å²) in [5, 5.41) is 14.3. The lowest BCUT2D eigenvalue weighted by Gasteiger charge is -2.32. The van der Waals surface area contributed by atoms with E-state index in [1.807, 2.05) is 19.1 Å². The molecule has 2 amide bonds. The molecule has 0 radical (unpaired) electrons. The van der Waals surface area contributed by atoms with Crippen LogP contribution in [-0.2, 0) is 16.1 Å². The summed E-state index contributed by atoms with van der Waals surface area (Å²) in [6.45, 7) is 1.75. The molecule has 1 aliphatic rings. The molecule has 0 saturated heterocycles. The Hall–Kier alpha value is -3.82. The van der Waals surface area contributed by atoms with E-state index in [0.717, 1.165) is 31.2 Å². The largest absolute Gasteiger partial charge is 0.497 e. The summed E-state index contributed by atoms with van der Waals surface area (Å²) in [7, 11) is 2.91. The number of nitro groups is 1. The van der Waals surface area contributed by atoms with E-state index in [0.29, 0.717) is 12.2 Å². The molecule has 0 aliphatic heterocycles. The normalized spacial score (nSPS) is 14.4. The summed E-state index contributed by atoms with van der Waals surface area (Å²) in [6, 6.07) is 10.8. The van der Waals surface area contributed by atoms with E-state index < -0.39 is 11.0 Å². The van der Waals surface area contributed by atoms with Crippen LogP contribution in [0.5, 0.6) is 17.2 Å². The van der Waals surface area contributed by atoms with Gasteiger partial charge >= 0.3 is 5.69 Å². The molecule has 0 unspecified atom stereocenters. The highest BCUT2D eigenvalue weighted by atomic mass is 16.6. The number of amides is 2. The fourth-order valence-corrected chi connectivity index (χ4v) is 4.52. The molecule has 0 spiro atoms. The molecular formula is C27H35N3O7. The molecule has 10 nitrogen and oxygen atoms in total. The summed E-state index contributed by atoms with van der Waals surface area (Å²) in [5.41, 5.74) is 0.641. The van der Waals surface area contributed by atoms with Crippen LogP contribution in [-0.4, -0.2) is 54.5 Å². The molecule has 0 aromatic heterocycles. The number of hydrogen-bond donors (Lipinski definition) is 1. The van der Waals surface area contributed by atoms with Crippen LogP contribution in [0, 0.1) is 10.1 Å². The maximum Gasteiger partial charge on any atom is 0.311 e. The molecule has 1 fully saturated rings. The van der Waals surface area contributed by atoms with Crippen molar-refractivity contribution in [3.8, 4) is 17.2 Å². The molecule has 2 aromatic rings. The van der Waals surface area contributed by atoms with Gasteiger partial charge in [0.15, 0.2) is 6.61 Å². The summed E-state index contributed by atoms with van der Waals surface area (Å²) in [4.78, 5) is 38.8. The first-order valence-electron chi connectivity index (χ1n) is 12.5. The number of carbonyl (C=O) groups excluding carboxylic acids is 2. The van der Waals surface area contributed by atoms with Crippen LogP contribution in [0.4, 0.5) is 5.69 Å². The van der Waals surface area contributed by atoms with Crippen LogP contribution in [0.3, 0.4) is 0 Å². The Morgan fingerprint density at radius 2 is 1.73 bits per heavy atom. The van der Waals surface area contributed by atoms with Crippen molar-refractivity contribution in [2.24, 2.45) is 0 Å².